The second-order valence-electron chi connectivity index (χ2n) is 3.86. The van der Waals surface area contributed by atoms with Crippen molar-refractivity contribution < 1.29 is 14.2 Å². The van der Waals surface area contributed by atoms with Gasteiger partial charge in [-0.15, -0.1) is 0 Å². The van der Waals surface area contributed by atoms with Gasteiger partial charge in [0, 0.05) is 31.0 Å². The zero-order valence-electron chi connectivity index (χ0n) is 10.7. The average Bonchev–Trinajstić information content (AvgIpc) is 2.36. The molecule has 0 saturated heterocycles. The van der Waals surface area contributed by atoms with Crippen LogP contribution >= 0.6 is 11.6 Å². The molecule has 0 aliphatic heterocycles. The predicted octanol–water partition coefficient (Wildman–Crippen LogP) is 2.49. The van der Waals surface area contributed by atoms with Crippen LogP contribution in [0.25, 0.3) is 0 Å². The van der Waals surface area contributed by atoms with Gasteiger partial charge in [0.15, 0.2) is 0 Å². The summed E-state index contributed by atoms with van der Waals surface area (Å²) >= 11 is 6.01. The molecule has 5 heteroatoms. The Bertz CT molecular complexity index is 347. The monoisotopic (exact) mass is 273 g/mol. The third kappa shape index (κ3) is 6.21. The fourth-order valence-corrected chi connectivity index (χ4v) is 1.58. The van der Waals surface area contributed by atoms with E-state index in [9.17, 15) is 0 Å². The summed E-state index contributed by atoms with van der Waals surface area (Å²) in [6, 6.07) is 5.36. The molecule has 0 unspecified atom stereocenters. The molecule has 1 aromatic rings. The molecule has 0 aromatic heterocycles. The topological polar surface area (TPSA) is 53.7 Å². The molecular formula is C13H20ClNO3. The van der Waals surface area contributed by atoms with Crippen molar-refractivity contribution in [3.63, 3.8) is 0 Å². The van der Waals surface area contributed by atoms with E-state index in [1.165, 1.54) is 0 Å². The third-order valence-corrected chi connectivity index (χ3v) is 2.71. The Morgan fingerprint density at radius 3 is 2.67 bits per heavy atom. The van der Waals surface area contributed by atoms with E-state index in [1.54, 1.807) is 19.2 Å². The van der Waals surface area contributed by atoms with E-state index >= 15 is 0 Å². The van der Waals surface area contributed by atoms with Crippen LogP contribution in [0.1, 0.15) is 12.0 Å². The lowest BCUT2D eigenvalue weighted by Gasteiger charge is -2.07. The second-order valence-corrected chi connectivity index (χ2v) is 4.27. The van der Waals surface area contributed by atoms with E-state index < -0.39 is 0 Å². The highest BCUT2D eigenvalue weighted by Crippen LogP contribution is 2.19. The summed E-state index contributed by atoms with van der Waals surface area (Å²) in [6.45, 7) is 2.98. The van der Waals surface area contributed by atoms with Gasteiger partial charge in [0.2, 0.25) is 0 Å². The van der Waals surface area contributed by atoms with Crippen molar-refractivity contribution in [3.8, 4) is 0 Å². The van der Waals surface area contributed by atoms with Gasteiger partial charge in [-0.3, -0.25) is 0 Å². The number of nitrogens with two attached hydrogens (primary N) is 1. The van der Waals surface area contributed by atoms with Crippen molar-refractivity contribution in [3.05, 3.63) is 28.8 Å². The van der Waals surface area contributed by atoms with E-state index in [0.717, 1.165) is 18.6 Å². The molecule has 0 aliphatic rings. The average molecular weight is 274 g/mol. The maximum atomic E-state index is 6.01. The van der Waals surface area contributed by atoms with Crippen molar-refractivity contribution in [2.45, 2.75) is 13.0 Å². The fourth-order valence-electron chi connectivity index (χ4n) is 1.41. The Labute approximate surface area is 113 Å². The van der Waals surface area contributed by atoms with Crippen LogP contribution < -0.4 is 5.73 Å². The minimum absolute atomic E-state index is 0.450. The van der Waals surface area contributed by atoms with Gasteiger partial charge in [0.1, 0.15) is 0 Å². The molecule has 0 amide bonds. The number of hydrogen-bond donors (Lipinski definition) is 1. The molecule has 1 rings (SSSR count). The SMILES string of the molecule is COCCCOCCOCc1cc(N)ccc1Cl. The second kappa shape index (κ2) is 9.16. The Kier molecular flexibility index (Phi) is 7.76. The third-order valence-electron chi connectivity index (χ3n) is 2.34. The van der Waals surface area contributed by atoms with E-state index in [2.05, 4.69) is 0 Å². The predicted molar refractivity (Wildman–Crippen MR) is 72.8 cm³/mol. The van der Waals surface area contributed by atoms with Gasteiger partial charge in [0.25, 0.3) is 0 Å². The van der Waals surface area contributed by atoms with Gasteiger partial charge in [0.05, 0.1) is 19.8 Å². The van der Waals surface area contributed by atoms with Crippen LogP contribution in [-0.2, 0) is 20.8 Å². The number of hydrogen-bond acceptors (Lipinski definition) is 4. The van der Waals surface area contributed by atoms with Crippen LogP contribution in [0, 0.1) is 0 Å². The summed E-state index contributed by atoms with van der Waals surface area (Å²) in [7, 11) is 1.68. The smallest absolute Gasteiger partial charge is 0.0733 e. The largest absolute Gasteiger partial charge is 0.399 e. The van der Waals surface area contributed by atoms with E-state index in [4.69, 9.17) is 31.5 Å². The highest BCUT2D eigenvalue weighted by molar-refractivity contribution is 6.31. The highest BCUT2D eigenvalue weighted by atomic mass is 35.5. The lowest BCUT2D eigenvalue weighted by Crippen LogP contribution is -2.07. The van der Waals surface area contributed by atoms with Crippen LogP contribution in [0.4, 0.5) is 5.69 Å². The van der Waals surface area contributed by atoms with E-state index in [0.29, 0.717) is 37.1 Å². The first-order chi connectivity index (χ1) is 8.74. The summed E-state index contributed by atoms with van der Waals surface area (Å²) < 4.78 is 15.7. The van der Waals surface area contributed by atoms with Gasteiger partial charge in [-0.05, 0) is 30.2 Å². The Morgan fingerprint density at radius 1 is 1.11 bits per heavy atom. The zero-order chi connectivity index (χ0) is 13.2. The molecule has 2 N–H and O–H groups in total. The first-order valence-corrected chi connectivity index (χ1v) is 6.30. The summed E-state index contributed by atoms with van der Waals surface area (Å²) in [5.41, 5.74) is 7.26. The minimum atomic E-state index is 0.450. The number of anilines is 1. The first kappa shape index (κ1) is 15.2. The molecule has 0 bridgehead atoms. The normalized spacial score (nSPS) is 10.8. The number of nitrogen functional groups attached to an aromatic ring is 1. The van der Waals surface area contributed by atoms with Crippen LogP contribution in [0.15, 0.2) is 18.2 Å². The maximum absolute atomic E-state index is 6.01. The molecule has 0 spiro atoms. The Morgan fingerprint density at radius 2 is 1.89 bits per heavy atom. The molecule has 0 saturated carbocycles. The molecule has 18 heavy (non-hydrogen) atoms. The van der Waals surface area contributed by atoms with Crippen LogP contribution in [0.3, 0.4) is 0 Å². The molecule has 0 heterocycles. The van der Waals surface area contributed by atoms with Crippen molar-refractivity contribution in [2.75, 3.05) is 39.3 Å². The van der Waals surface area contributed by atoms with Gasteiger partial charge < -0.3 is 19.9 Å². The van der Waals surface area contributed by atoms with Gasteiger partial charge in [-0.25, -0.2) is 0 Å². The maximum Gasteiger partial charge on any atom is 0.0733 e. The van der Waals surface area contributed by atoms with Crippen molar-refractivity contribution in [1.29, 1.82) is 0 Å². The molecule has 1 aromatic carbocycles. The molecule has 0 fully saturated rings. The van der Waals surface area contributed by atoms with Gasteiger partial charge >= 0.3 is 0 Å². The van der Waals surface area contributed by atoms with Crippen molar-refractivity contribution in [1.82, 2.24) is 0 Å². The van der Waals surface area contributed by atoms with Gasteiger partial charge in [-0.1, -0.05) is 11.6 Å². The molecule has 4 nitrogen and oxygen atoms in total. The molecule has 0 atom stereocenters. The molecule has 102 valence electrons. The number of benzene rings is 1. The lowest BCUT2D eigenvalue weighted by molar-refractivity contribution is 0.0337. The van der Waals surface area contributed by atoms with E-state index in [-0.39, 0.29) is 0 Å². The highest BCUT2D eigenvalue weighted by Gasteiger charge is 2.00. The quantitative estimate of drug-likeness (QED) is 0.555. The number of methoxy groups -OCH3 is 1. The Balaban J connectivity index is 2.09. The van der Waals surface area contributed by atoms with Crippen LogP contribution in [0.5, 0.6) is 0 Å². The number of ether oxygens (including phenoxy) is 3. The van der Waals surface area contributed by atoms with Crippen LogP contribution in [0.2, 0.25) is 5.02 Å². The zero-order valence-corrected chi connectivity index (χ0v) is 11.4. The van der Waals surface area contributed by atoms with Crippen LogP contribution in [-0.4, -0.2) is 33.5 Å². The lowest BCUT2D eigenvalue weighted by atomic mass is 10.2. The molecular weight excluding hydrogens is 254 g/mol. The first-order valence-electron chi connectivity index (χ1n) is 5.92. The number of halogens is 1. The molecule has 0 radical (unpaired) electrons. The van der Waals surface area contributed by atoms with Crippen molar-refractivity contribution >= 4 is 17.3 Å². The molecule has 0 aliphatic carbocycles. The minimum Gasteiger partial charge on any atom is -0.399 e. The number of rotatable bonds is 9. The summed E-state index contributed by atoms with van der Waals surface area (Å²) in [5.74, 6) is 0. The van der Waals surface area contributed by atoms with Gasteiger partial charge in [-0.2, -0.15) is 0 Å². The summed E-state index contributed by atoms with van der Waals surface area (Å²) in [4.78, 5) is 0. The van der Waals surface area contributed by atoms with Crippen molar-refractivity contribution in [2.24, 2.45) is 0 Å². The fraction of sp³-hybridized carbons (Fsp3) is 0.538. The summed E-state index contributed by atoms with van der Waals surface area (Å²) in [6.07, 6.45) is 0.900. The summed E-state index contributed by atoms with van der Waals surface area (Å²) in [5, 5.41) is 0.671. The van der Waals surface area contributed by atoms with E-state index in [1.807, 2.05) is 6.07 Å². The Hall–Kier alpha value is -0.810. The standard InChI is InChI=1S/C13H20ClNO3/c1-16-5-2-6-17-7-8-18-10-11-9-12(15)3-4-13(11)14/h3-4,9H,2,5-8,10,15H2,1H3.